The molecule has 1 heterocycles. The number of hydrogen-bond acceptors (Lipinski definition) is 3. The summed E-state index contributed by atoms with van der Waals surface area (Å²) in [6.45, 7) is 3.07. The van der Waals surface area contributed by atoms with Crippen LogP contribution in [0.3, 0.4) is 0 Å². The molecule has 2 aromatic rings. The van der Waals surface area contributed by atoms with Gasteiger partial charge in [0, 0.05) is 18.3 Å². The molecule has 106 valence electrons. The minimum Gasteiger partial charge on any atom is -0.486 e. The van der Waals surface area contributed by atoms with Crippen molar-refractivity contribution in [1.82, 2.24) is 4.98 Å². The molecule has 20 heavy (non-hydrogen) atoms. The fraction of sp³-hybridized carbons (Fsp3) is 0.267. The van der Waals surface area contributed by atoms with Crippen LogP contribution in [0.5, 0.6) is 5.75 Å². The Kier molecular flexibility index (Phi) is 4.87. The molecule has 0 aliphatic carbocycles. The summed E-state index contributed by atoms with van der Waals surface area (Å²) in [5.41, 5.74) is 0.788. The summed E-state index contributed by atoms with van der Waals surface area (Å²) in [7, 11) is 0. The van der Waals surface area contributed by atoms with E-state index in [4.69, 9.17) is 4.74 Å². The van der Waals surface area contributed by atoms with Gasteiger partial charge in [0.2, 0.25) is 5.82 Å². The third-order valence-corrected chi connectivity index (χ3v) is 2.69. The molecule has 1 aromatic heterocycles. The van der Waals surface area contributed by atoms with Gasteiger partial charge in [-0.05, 0) is 24.6 Å². The maximum Gasteiger partial charge on any atom is 0.200 e. The van der Waals surface area contributed by atoms with Gasteiger partial charge in [0.25, 0.3) is 0 Å². The van der Waals surface area contributed by atoms with Gasteiger partial charge in [0.05, 0.1) is 0 Å². The Bertz CT molecular complexity index is 558. The fourth-order valence-electron chi connectivity index (χ4n) is 1.62. The molecule has 1 aromatic carbocycles. The zero-order chi connectivity index (χ0) is 14.4. The molecule has 0 spiro atoms. The van der Waals surface area contributed by atoms with Crippen molar-refractivity contribution >= 4 is 5.82 Å². The molecule has 0 amide bonds. The highest BCUT2D eigenvalue weighted by Gasteiger charge is 2.08. The largest absolute Gasteiger partial charge is 0.486 e. The molecule has 0 bridgehead atoms. The Balaban J connectivity index is 1.95. The van der Waals surface area contributed by atoms with Gasteiger partial charge in [-0.2, -0.15) is 4.39 Å². The predicted molar refractivity (Wildman–Crippen MR) is 73.7 cm³/mol. The molecule has 0 fully saturated rings. The van der Waals surface area contributed by atoms with E-state index in [9.17, 15) is 8.78 Å². The summed E-state index contributed by atoms with van der Waals surface area (Å²) in [4.78, 5) is 4.21. The number of nitrogens with one attached hydrogen (secondary N) is 1. The van der Waals surface area contributed by atoms with Crippen molar-refractivity contribution in [3.63, 3.8) is 0 Å². The molecule has 1 N–H and O–H groups in total. The Labute approximate surface area is 116 Å². The molecule has 0 radical (unpaired) electrons. The molecular weight excluding hydrogens is 262 g/mol. The van der Waals surface area contributed by atoms with Crippen molar-refractivity contribution in [2.45, 2.75) is 20.0 Å². The quantitative estimate of drug-likeness (QED) is 0.873. The van der Waals surface area contributed by atoms with Gasteiger partial charge < -0.3 is 10.1 Å². The van der Waals surface area contributed by atoms with E-state index < -0.39 is 11.6 Å². The summed E-state index contributed by atoms with van der Waals surface area (Å²) in [6, 6.07) is 7.52. The molecular formula is C15H16F2N2O. The highest BCUT2D eigenvalue weighted by Crippen LogP contribution is 2.20. The lowest BCUT2D eigenvalue weighted by Crippen LogP contribution is -2.03. The van der Waals surface area contributed by atoms with E-state index >= 15 is 0 Å². The van der Waals surface area contributed by atoms with E-state index in [0.29, 0.717) is 0 Å². The van der Waals surface area contributed by atoms with Crippen LogP contribution < -0.4 is 10.1 Å². The van der Waals surface area contributed by atoms with Crippen molar-refractivity contribution in [3.05, 3.63) is 53.7 Å². The lowest BCUT2D eigenvalue weighted by Gasteiger charge is -2.08. The van der Waals surface area contributed by atoms with Crippen LogP contribution in [-0.4, -0.2) is 11.5 Å². The summed E-state index contributed by atoms with van der Waals surface area (Å²) >= 11 is 0. The minimum atomic E-state index is -0.971. The maximum atomic E-state index is 13.4. The van der Waals surface area contributed by atoms with E-state index in [1.165, 1.54) is 12.1 Å². The molecule has 5 heteroatoms. The number of rotatable bonds is 6. The van der Waals surface area contributed by atoms with E-state index in [-0.39, 0.29) is 12.4 Å². The van der Waals surface area contributed by atoms with E-state index in [1.54, 1.807) is 6.20 Å². The van der Waals surface area contributed by atoms with E-state index in [1.807, 2.05) is 12.1 Å². The monoisotopic (exact) mass is 278 g/mol. The number of pyridine rings is 1. The highest BCUT2D eigenvalue weighted by atomic mass is 19.2. The number of nitrogens with zero attached hydrogens (tertiary/aromatic N) is 1. The van der Waals surface area contributed by atoms with Crippen LogP contribution in [0.2, 0.25) is 0 Å². The molecule has 0 saturated heterocycles. The van der Waals surface area contributed by atoms with Gasteiger partial charge in [0.15, 0.2) is 11.6 Å². The zero-order valence-electron chi connectivity index (χ0n) is 11.2. The summed E-state index contributed by atoms with van der Waals surface area (Å²) in [5, 5.41) is 3.15. The normalized spacial score (nSPS) is 10.3. The van der Waals surface area contributed by atoms with Gasteiger partial charge in [-0.3, -0.25) is 0 Å². The van der Waals surface area contributed by atoms with Gasteiger partial charge in [-0.25, -0.2) is 9.37 Å². The van der Waals surface area contributed by atoms with E-state index in [0.717, 1.165) is 30.4 Å². The number of ether oxygens (including phenoxy) is 1. The van der Waals surface area contributed by atoms with Crippen molar-refractivity contribution in [3.8, 4) is 5.75 Å². The van der Waals surface area contributed by atoms with Gasteiger partial charge >= 0.3 is 0 Å². The number of anilines is 1. The summed E-state index contributed by atoms with van der Waals surface area (Å²) in [6.07, 6.45) is 2.67. The fourth-order valence-corrected chi connectivity index (χ4v) is 1.62. The van der Waals surface area contributed by atoms with Gasteiger partial charge in [-0.1, -0.05) is 19.1 Å². The first kappa shape index (κ1) is 14.2. The Morgan fingerprint density at radius 3 is 2.75 bits per heavy atom. The Morgan fingerprint density at radius 2 is 2.05 bits per heavy atom. The van der Waals surface area contributed by atoms with Crippen molar-refractivity contribution in [1.29, 1.82) is 0 Å². The average Bonchev–Trinajstić information content (AvgIpc) is 2.48. The van der Waals surface area contributed by atoms with Crippen molar-refractivity contribution in [2.24, 2.45) is 0 Å². The first-order valence-corrected chi connectivity index (χ1v) is 6.46. The topological polar surface area (TPSA) is 34.1 Å². The van der Waals surface area contributed by atoms with Crippen LogP contribution in [0.4, 0.5) is 14.6 Å². The SMILES string of the molecule is CCCNc1ccc(COc2cccc(F)c2F)cn1. The number of aromatic nitrogens is 1. The Morgan fingerprint density at radius 1 is 1.20 bits per heavy atom. The second-order valence-electron chi connectivity index (χ2n) is 4.32. The second-order valence-corrected chi connectivity index (χ2v) is 4.32. The maximum absolute atomic E-state index is 13.4. The lowest BCUT2D eigenvalue weighted by molar-refractivity contribution is 0.284. The molecule has 2 rings (SSSR count). The molecule has 0 aliphatic rings. The third-order valence-electron chi connectivity index (χ3n) is 2.69. The predicted octanol–water partition coefficient (Wildman–Crippen LogP) is 3.76. The highest BCUT2D eigenvalue weighted by molar-refractivity contribution is 5.35. The smallest absolute Gasteiger partial charge is 0.200 e. The van der Waals surface area contributed by atoms with Gasteiger partial charge in [0.1, 0.15) is 12.4 Å². The van der Waals surface area contributed by atoms with Crippen LogP contribution in [0.25, 0.3) is 0 Å². The average molecular weight is 278 g/mol. The standard InChI is InChI=1S/C15H16F2N2O/c1-2-8-18-14-7-6-11(9-19-14)10-20-13-5-3-4-12(16)15(13)17/h3-7,9H,2,8,10H2,1H3,(H,18,19). The molecule has 3 nitrogen and oxygen atoms in total. The number of hydrogen-bond donors (Lipinski definition) is 1. The molecule has 0 saturated carbocycles. The van der Waals surface area contributed by atoms with E-state index in [2.05, 4.69) is 17.2 Å². The van der Waals surface area contributed by atoms with Crippen LogP contribution in [-0.2, 0) is 6.61 Å². The van der Waals surface area contributed by atoms with Crippen LogP contribution in [0, 0.1) is 11.6 Å². The van der Waals surface area contributed by atoms with Crippen LogP contribution in [0.1, 0.15) is 18.9 Å². The lowest BCUT2D eigenvalue weighted by atomic mass is 10.3. The third kappa shape index (κ3) is 3.66. The summed E-state index contributed by atoms with van der Waals surface area (Å²) in [5.74, 6) is -1.20. The van der Waals surface area contributed by atoms with Crippen molar-refractivity contribution < 1.29 is 13.5 Å². The van der Waals surface area contributed by atoms with Gasteiger partial charge in [-0.15, -0.1) is 0 Å². The van der Waals surface area contributed by atoms with Crippen molar-refractivity contribution in [2.75, 3.05) is 11.9 Å². The number of halogens is 2. The summed E-state index contributed by atoms with van der Waals surface area (Å²) < 4.78 is 31.6. The zero-order valence-corrected chi connectivity index (χ0v) is 11.2. The first-order valence-electron chi connectivity index (χ1n) is 6.46. The molecule has 0 unspecified atom stereocenters. The molecule has 0 atom stereocenters. The van der Waals surface area contributed by atoms with Crippen LogP contribution in [0.15, 0.2) is 36.5 Å². The Hall–Kier alpha value is -2.17. The van der Waals surface area contributed by atoms with Crippen LogP contribution >= 0.6 is 0 Å². The number of benzene rings is 1. The first-order chi connectivity index (χ1) is 9.70. The second kappa shape index (κ2) is 6.84. The molecule has 0 aliphatic heterocycles. The minimum absolute atomic E-state index is 0.0989.